The van der Waals surface area contributed by atoms with Crippen molar-refractivity contribution in [2.24, 2.45) is 5.10 Å². The summed E-state index contributed by atoms with van der Waals surface area (Å²) in [5.74, 6) is 1.50. The van der Waals surface area contributed by atoms with Crippen LogP contribution in [0.25, 0.3) is 11.0 Å². The molecule has 1 amide bonds. The van der Waals surface area contributed by atoms with Gasteiger partial charge in [-0.3, -0.25) is 9.69 Å². The lowest BCUT2D eigenvalue weighted by Gasteiger charge is -2.17. The number of aryl methyl sites for hydroxylation is 1. The number of benzene rings is 2. The lowest BCUT2D eigenvalue weighted by molar-refractivity contribution is -0.121. The van der Waals surface area contributed by atoms with Crippen LogP contribution in [0, 0.1) is 6.92 Å². The van der Waals surface area contributed by atoms with Crippen LogP contribution in [0.2, 0.25) is 0 Å². The van der Waals surface area contributed by atoms with Crippen LogP contribution in [0.3, 0.4) is 0 Å². The number of hydrazone groups is 1. The van der Waals surface area contributed by atoms with E-state index in [1.807, 2.05) is 54.8 Å². The molecule has 31 heavy (non-hydrogen) atoms. The zero-order valence-corrected chi connectivity index (χ0v) is 18.4. The van der Waals surface area contributed by atoms with Crippen LogP contribution in [0.5, 0.6) is 5.75 Å². The highest BCUT2D eigenvalue weighted by Gasteiger charge is 2.15. The molecule has 1 N–H and O–H groups in total. The number of nitrogens with zero attached hydrogens (tertiary/aromatic N) is 4. The van der Waals surface area contributed by atoms with Crippen LogP contribution >= 0.6 is 0 Å². The molecule has 1 aliphatic heterocycles. The molecule has 2 heterocycles. The van der Waals surface area contributed by atoms with E-state index in [1.165, 1.54) is 12.8 Å². The van der Waals surface area contributed by atoms with Crippen molar-refractivity contribution in [1.82, 2.24) is 19.9 Å². The molecule has 1 saturated heterocycles. The Hall–Kier alpha value is -3.19. The van der Waals surface area contributed by atoms with Crippen molar-refractivity contribution in [3.8, 4) is 5.75 Å². The number of hydrogen-bond donors (Lipinski definition) is 1. The topological polar surface area (TPSA) is 71.7 Å². The fourth-order valence-electron chi connectivity index (χ4n) is 4.09. The van der Waals surface area contributed by atoms with Gasteiger partial charge in [0.15, 0.2) is 0 Å². The summed E-state index contributed by atoms with van der Waals surface area (Å²) < 4.78 is 7.45. The summed E-state index contributed by atoms with van der Waals surface area (Å²) in [6, 6.07) is 13.9. The van der Waals surface area contributed by atoms with Gasteiger partial charge in [-0.2, -0.15) is 5.10 Å². The van der Waals surface area contributed by atoms with Crippen LogP contribution in [0.1, 0.15) is 36.7 Å². The molecular formula is C24H29N5O2. The first-order chi connectivity index (χ1) is 15.0. The van der Waals surface area contributed by atoms with Gasteiger partial charge in [-0.15, -0.1) is 0 Å². The third-order valence-corrected chi connectivity index (χ3v) is 5.79. The number of methoxy groups -OCH3 is 1. The standard InChI is InChI=1S/C24H29N5O2/c1-17(19-10-11-23(31-3)20(14-19)15-28-12-6-7-13-28)26-27-24(30)16-29-18(2)25-21-8-4-5-9-22(21)29/h4-5,8-11,14H,6-7,12-13,15-16H2,1-3H3,(H,27,30)/b26-17-. The summed E-state index contributed by atoms with van der Waals surface area (Å²) in [7, 11) is 1.70. The predicted molar refractivity (Wildman–Crippen MR) is 122 cm³/mol. The van der Waals surface area contributed by atoms with Gasteiger partial charge in [0.2, 0.25) is 0 Å². The lowest BCUT2D eigenvalue weighted by atomic mass is 10.1. The monoisotopic (exact) mass is 419 g/mol. The average Bonchev–Trinajstić information content (AvgIpc) is 3.40. The normalized spacial score (nSPS) is 14.9. The zero-order chi connectivity index (χ0) is 21.8. The number of para-hydroxylation sites is 2. The number of imidazole rings is 1. The summed E-state index contributed by atoms with van der Waals surface area (Å²) in [4.78, 5) is 19.5. The number of amides is 1. The van der Waals surface area contributed by atoms with Crippen LogP contribution < -0.4 is 10.2 Å². The van der Waals surface area contributed by atoms with Gasteiger partial charge in [0.25, 0.3) is 5.91 Å². The van der Waals surface area contributed by atoms with Gasteiger partial charge in [0.1, 0.15) is 18.1 Å². The average molecular weight is 420 g/mol. The molecule has 0 bridgehead atoms. The molecule has 2 aromatic carbocycles. The number of nitrogens with one attached hydrogen (secondary N) is 1. The van der Waals surface area contributed by atoms with Crippen LogP contribution in [-0.4, -0.2) is 46.3 Å². The summed E-state index contributed by atoms with van der Waals surface area (Å²) in [6.07, 6.45) is 2.50. The maximum atomic E-state index is 12.5. The quantitative estimate of drug-likeness (QED) is 0.470. The molecule has 0 spiro atoms. The summed E-state index contributed by atoms with van der Waals surface area (Å²) >= 11 is 0. The summed E-state index contributed by atoms with van der Waals surface area (Å²) in [5, 5.41) is 4.34. The van der Waals surface area contributed by atoms with E-state index in [0.29, 0.717) is 0 Å². The number of carbonyl (C=O) groups is 1. The van der Waals surface area contributed by atoms with E-state index in [4.69, 9.17) is 4.74 Å². The first kappa shape index (κ1) is 21.1. The van der Waals surface area contributed by atoms with E-state index in [1.54, 1.807) is 7.11 Å². The van der Waals surface area contributed by atoms with Crippen molar-refractivity contribution in [1.29, 1.82) is 0 Å². The molecule has 4 rings (SSSR count). The SMILES string of the molecule is COc1ccc(/C(C)=N\NC(=O)Cn2c(C)nc3ccccc32)cc1CN1CCCC1. The van der Waals surface area contributed by atoms with Crippen LogP contribution in [-0.2, 0) is 17.9 Å². The smallest absolute Gasteiger partial charge is 0.260 e. The van der Waals surface area contributed by atoms with E-state index in [2.05, 4.69) is 26.5 Å². The number of carbonyl (C=O) groups excluding carboxylic acids is 1. The molecule has 1 aromatic heterocycles. The second-order valence-corrected chi connectivity index (χ2v) is 7.98. The Bertz CT molecular complexity index is 1110. The Labute approximate surface area is 182 Å². The Kier molecular flexibility index (Phi) is 6.32. The van der Waals surface area contributed by atoms with Crippen molar-refractivity contribution in [2.75, 3.05) is 20.2 Å². The second kappa shape index (κ2) is 9.31. The molecule has 0 atom stereocenters. The first-order valence-corrected chi connectivity index (χ1v) is 10.7. The van der Waals surface area contributed by atoms with Gasteiger partial charge in [-0.25, -0.2) is 10.4 Å². The number of fused-ring (bicyclic) bond motifs is 1. The van der Waals surface area contributed by atoms with Crippen molar-refractivity contribution < 1.29 is 9.53 Å². The largest absolute Gasteiger partial charge is 0.496 e. The van der Waals surface area contributed by atoms with Crippen molar-refractivity contribution in [2.45, 2.75) is 39.8 Å². The number of likely N-dealkylation sites (tertiary alicyclic amines) is 1. The molecule has 1 fully saturated rings. The molecule has 0 aliphatic carbocycles. The van der Waals surface area contributed by atoms with Crippen LogP contribution in [0.15, 0.2) is 47.6 Å². The minimum absolute atomic E-state index is 0.173. The second-order valence-electron chi connectivity index (χ2n) is 7.98. The van der Waals surface area contributed by atoms with Crippen LogP contribution in [0.4, 0.5) is 0 Å². The Morgan fingerprint density at radius 1 is 1.19 bits per heavy atom. The van der Waals surface area contributed by atoms with Crippen molar-refractivity contribution in [3.05, 3.63) is 59.4 Å². The van der Waals surface area contributed by atoms with E-state index < -0.39 is 0 Å². The number of ether oxygens (including phenoxy) is 1. The van der Waals surface area contributed by atoms with Gasteiger partial charge >= 0.3 is 0 Å². The molecular weight excluding hydrogens is 390 g/mol. The fraction of sp³-hybridized carbons (Fsp3) is 0.375. The Morgan fingerprint density at radius 2 is 1.97 bits per heavy atom. The van der Waals surface area contributed by atoms with Crippen molar-refractivity contribution >= 4 is 22.7 Å². The molecule has 1 aliphatic rings. The third kappa shape index (κ3) is 4.77. The summed E-state index contributed by atoms with van der Waals surface area (Å²) in [5.41, 5.74) is 7.39. The Morgan fingerprint density at radius 3 is 2.74 bits per heavy atom. The zero-order valence-electron chi connectivity index (χ0n) is 18.4. The molecule has 162 valence electrons. The van der Waals surface area contributed by atoms with Gasteiger partial charge < -0.3 is 9.30 Å². The maximum Gasteiger partial charge on any atom is 0.260 e. The van der Waals surface area contributed by atoms with E-state index in [9.17, 15) is 4.79 Å². The van der Waals surface area contributed by atoms with E-state index in [0.717, 1.165) is 59.1 Å². The highest BCUT2D eigenvalue weighted by molar-refractivity contribution is 5.99. The first-order valence-electron chi connectivity index (χ1n) is 10.7. The highest BCUT2D eigenvalue weighted by Crippen LogP contribution is 2.24. The van der Waals surface area contributed by atoms with Crippen molar-refractivity contribution in [3.63, 3.8) is 0 Å². The van der Waals surface area contributed by atoms with Gasteiger partial charge in [0, 0.05) is 12.1 Å². The highest BCUT2D eigenvalue weighted by atomic mass is 16.5. The minimum atomic E-state index is -0.184. The molecule has 0 saturated carbocycles. The number of hydrogen-bond acceptors (Lipinski definition) is 5. The van der Waals surface area contributed by atoms with Gasteiger partial charge in [-0.1, -0.05) is 12.1 Å². The summed E-state index contributed by atoms with van der Waals surface area (Å²) in [6.45, 7) is 7.09. The van der Waals surface area contributed by atoms with E-state index in [-0.39, 0.29) is 12.5 Å². The Balaban J connectivity index is 1.46. The van der Waals surface area contributed by atoms with Gasteiger partial charge in [0.05, 0.1) is 23.9 Å². The molecule has 7 nitrogen and oxygen atoms in total. The molecule has 0 unspecified atom stereocenters. The molecule has 7 heteroatoms. The van der Waals surface area contributed by atoms with Gasteiger partial charge in [-0.05, 0) is 75.7 Å². The predicted octanol–water partition coefficient (Wildman–Crippen LogP) is 3.49. The third-order valence-electron chi connectivity index (χ3n) is 5.79. The molecule has 0 radical (unpaired) electrons. The lowest BCUT2D eigenvalue weighted by Crippen LogP contribution is -2.24. The number of aromatic nitrogens is 2. The van der Waals surface area contributed by atoms with E-state index >= 15 is 0 Å². The maximum absolute atomic E-state index is 12.5. The minimum Gasteiger partial charge on any atom is -0.496 e. The number of rotatable bonds is 7. The fourth-order valence-corrected chi connectivity index (χ4v) is 4.09. The molecule has 3 aromatic rings.